The van der Waals surface area contributed by atoms with Gasteiger partial charge in [-0.15, -0.1) is 11.3 Å². The van der Waals surface area contributed by atoms with E-state index in [9.17, 15) is 9.59 Å². The van der Waals surface area contributed by atoms with Crippen LogP contribution in [0.5, 0.6) is 0 Å². The summed E-state index contributed by atoms with van der Waals surface area (Å²) in [5.74, 6) is 0.920. The number of hydrogen-bond acceptors (Lipinski definition) is 6. The number of carbonyl (C=O) groups excluding carboxylic acids is 2. The van der Waals surface area contributed by atoms with Crippen LogP contribution in [0.2, 0.25) is 0 Å². The van der Waals surface area contributed by atoms with Gasteiger partial charge in [0.15, 0.2) is 0 Å². The molecule has 1 atom stereocenters. The highest BCUT2D eigenvalue weighted by Gasteiger charge is 2.34. The van der Waals surface area contributed by atoms with E-state index in [1.54, 1.807) is 4.90 Å². The third-order valence-corrected chi connectivity index (χ3v) is 4.84. The number of nitrogens with one attached hydrogen (secondary N) is 1. The summed E-state index contributed by atoms with van der Waals surface area (Å²) in [5, 5.41) is 8.70. The minimum atomic E-state index is -0.407. The van der Waals surface area contributed by atoms with Gasteiger partial charge in [0, 0.05) is 25.9 Å². The fourth-order valence-electron chi connectivity index (χ4n) is 2.85. The summed E-state index contributed by atoms with van der Waals surface area (Å²) in [6.07, 6.45) is 0.628. The van der Waals surface area contributed by atoms with Crippen LogP contribution in [0, 0.1) is 5.92 Å². The van der Waals surface area contributed by atoms with Crippen molar-refractivity contribution in [1.82, 2.24) is 20.4 Å². The molecule has 1 N–H and O–H groups in total. The molecule has 1 fully saturated rings. The second-order valence-electron chi connectivity index (χ2n) is 6.06. The van der Waals surface area contributed by atoms with Gasteiger partial charge in [0.05, 0.1) is 4.88 Å². The lowest BCUT2D eigenvalue weighted by molar-refractivity contribution is -0.145. The van der Waals surface area contributed by atoms with Crippen molar-refractivity contribution >= 4 is 23.2 Å². The predicted octanol–water partition coefficient (Wildman–Crippen LogP) is 1.71. The van der Waals surface area contributed by atoms with E-state index in [0.717, 1.165) is 4.88 Å². The van der Waals surface area contributed by atoms with Gasteiger partial charge in [0.1, 0.15) is 6.04 Å². The second-order valence-corrected chi connectivity index (χ2v) is 7.00. The quantitative estimate of drug-likeness (QED) is 0.889. The standard InChI is InChI=1S/C16H20N4O3S/c1-10(2)14-16(22)17-7-8-20(14)13(21)6-5-12-18-15(19-23-12)11-4-3-9-24-11/h3-4,9-10,14H,5-8H2,1-2H3,(H,17,22)/t14-/m1/s1. The van der Waals surface area contributed by atoms with Crippen molar-refractivity contribution in [3.8, 4) is 10.7 Å². The molecule has 2 amide bonds. The number of nitrogens with zero attached hydrogens (tertiary/aromatic N) is 3. The van der Waals surface area contributed by atoms with E-state index in [4.69, 9.17) is 4.52 Å². The molecule has 0 aromatic carbocycles. The molecule has 0 saturated carbocycles. The maximum atomic E-state index is 12.5. The monoisotopic (exact) mass is 348 g/mol. The zero-order valence-corrected chi connectivity index (χ0v) is 14.5. The van der Waals surface area contributed by atoms with Crippen molar-refractivity contribution < 1.29 is 14.1 Å². The first-order valence-corrected chi connectivity index (χ1v) is 8.88. The van der Waals surface area contributed by atoms with E-state index < -0.39 is 6.04 Å². The fourth-order valence-corrected chi connectivity index (χ4v) is 3.50. The summed E-state index contributed by atoms with van der Waals surface area (Å²) >= 11 is 1.54. The SMILES string of the molecule is CC(C)[C@@H]1C(=O)NCCN1C(=O)CCc1nc(-c2cccs2)no1. The van der Waals surface area contributed by atoms with Crippen LogP contribution >= 0.6 is 11.3 Å². The van der Waals surface area contributed by atoms with E-state index in [1.165, 1.54) is 11.3 Å². The van der Waals surface area contributed by atoms with Crippen LogP contribution in [0.4, 0.5) is 0 Å². The van der Waals surface area contributed by atoms with E-state index in [2.05, 4.69) is 15.5 Å². The highest BCUT2D eigenvalue weighted by Crippen LogP contribution is 2.22. The Morgan fingerprint density at radius 3 is 3.08 bits per heavy atom. The topological polar surface area (TPSA) is 88.3 Å². The molecular formula is C16H20N4O3S. The van der Waals surface area contributed by atoms with Crippen molar-refractivity contribution in [3.05, 3.63) is 23.4 Å². The summed E-state index contributed by atoms with van der Waals surface area (Å²) in [5.41, 5.74) is 0. The number of rotatable bonds is 5. The largest absolute Gasteiger partial charge is 0.353 e. The van der Waals surface area contributed by atoms with Crippen molar-refractivity contribution in [2.75, 3.05) is 13.1 Å². The van der Waals surface area contributed by atoms with Gasteiger partial charge in [-0.2, -0.15) is 4.98 Å². The summed E-state index contributed by atoms with van der Waals surface area (Å²) < 4.78 is 5.22. The smallest absolute Gasteiger partial charge is 0.243 e. The molecule has 0 aliphatic carbocycles. The molecule has 0 unspecified atom stereocenters. The Morgan fingerprint density at radius 1 is 1.54 bits per heavy atom. The number of carbonyl (C=O) groups is 2. The molecule has 8 heteroatoms. The van der Waals surface area contributed by atoms with E-state index in [-0.39, 0.29) is 24.2 Å². The van der Waals surface area contributed by atoms with Crippen molar-refractivity contribution in [2.45, 2.75) is 32.7 Å². The van der Waals surface area contributed by atoms with E-state index in [1.807, 2.05) is 31.4 Å². The summed E-state index contributed by atoms with van der Waals surface area (Å²) in [7, 11) is 0. The maximum Gasteiger partial charge on any atom is 0.243 e. The molecule has 3 heterocycles. The predicted molar refractivity (Wildman–Crippen MR) is 89.3 cm³/mol. The Morgan fingerprint density at radius 2 is 2.38 bits per heavy atom. The lowest BCUT2D eigenvalue weighted by atomic mass is 9.99. The lowest BCUT2D eigenvalue weighted by Crippen LogP contribution is -2.59. The van der Waals surface area contributed by atoms with Gasteiger partial charge in [0.2, 0.25) is 23.5 Å². The summed E-state index contributed by atoms with van der Waals surface area (Å²) in [4.78, 5) is 31.5. The molecule has 1 aliphatic heterocycles. The minimum absolute atomic E-state index is 0.0561. The van der Waals surface area contributed by atoms with E-state index >= 15 is 0 Å². The van der Waals surface area contributed by atoms with Gasteiger partial charge in [0.25, 0.3) is 0 Å². The third-order valence-electron chi connectivity index (χ3n) is 3.97. The number of aromatic nitrogens is 2. The Bertz CT molecular complexity index is 711. The van der Waals surface area contributed by atoms with Gasteiger partial charge < -0.3 is 14.7 Å². The minimum Gasteiger partial charge on any atom is -0.353 e. The number of amides is 2. The maximum absolute atomic E-state index is 12.5. The van der Waals surface area contributed by atoms with Crippen molar-refractivity contribution in [2.24, 2.45) is 5.92 Å². The van der Waals surface area contributed by atoms with Gasteiger partial charge >= 0.3 is 0 Å². The normalized spacial score (nSPS) is 18.0. The average molecular weight is 348 g/mol. The molecule has 2 aromatic rings. The van der Waals surface area contributed by atoms with Gasteiger partial charge in [-0.1, -0.05) is 25.1 Å². The molecule has 0 spiro atoms. The summed E-state index contributed by atoms with van der Waals surface area (Å²) in [6.45, 7) is 4.93. The van der Waals surface area contributed by atoms with Crippen LogP contribution in [0.3, 0.4) is 0 Å². The zero-order valence-electron chi connectivity index (χ0n) is 13.7. The van der Waals surface area contributed by atoms with Gasteiger partial charge in [-0.25, -0.2) is 0 Å². The molecule has 7 nitrogen and oxygen atoms in total. The Kier molecular flexibility index (Phi) is 4.94. The first-order valence-electron chi connectivity index (χ1n) is 8.00. The molecule has 0 bridgehead atoms. The summed E-state index contributed by atoms with van der Waals surface area (Å²) in [6, 6.07) is 3.44. The highest BCUT2D eigenvalue weighted by molar-refractivity contribution is 7.13. The Hall–Kier alpha value is -2.22. The van der Waals surface area contributed by atoms with Crippen molar-refractivity contribution in [3.63, 3.8) is 0 Å². The van der Waals surface area contributed by atoms with Crippen LogP contribution in [-0.2, 0) is 16.0 Å². The molecule has 24 heavy (non-hydrogen) atoms. The molecular weight excluding hydrogens is 328 g/mol. The highest BCUT2D eigenvalue weighted by atomic mass is 32.1. The first-order chi connectivity index (χ1) is 11.6. The van der Waals surface area contributed by atoms with Gasteiger partial charge in [-0.3, -0.25) is 9.59 Å². The van der Waals surface area contributed by atoms with Crippen LogP contribution in [0.25, 0.3) is 10.7 Å². The number of hydrogen-bond donors (Lipinski definition) is 1. The molecule has 3 rings (SSSR count). The second kappa shape index (κ2) is 7.12. The Labute approximate surface area is 144 Å². The fraction of sp³-hybridized carbons (Fsp3) is 0.500. The molecule has 1 saturated heterocycles. The molecule has 1 aliphatic rings. The van der Waals surface area contributed by atoms with E-state index in [0.29, 0.717) is 31.2 Å². The lowest BCUT2D eigenvalue weighted by Gasteiger charge is -2.37. The zero-order chi connectivity index (χ0) is 17.1. The van der Waals surface area contributed by atoms with Gasteiger partial charge in [-0.05, 0) is 17.4 Å². The van der Waals surface area contributed by atoms with Crippen LogP contribution in [0.1, 0.15) is 26.2 Å². The Balaban J connectivity index is 1.61. The van der Waals surface area contributed by atoms with Crippen LogP contribution < -0.4 is 5.32 Å². The number of piperazine rings is 1. The third kappa shape index (κ3) is 3.48. The van der Waals surface area contributed by atoms with Crippen LogP contribution in [-0.4, -0.2) is 46.0 Å². The number of aryl methyl sites for hydroxylation is 1. The first kappa shape index (κ1) is 16.6. The van der Waals surface area contributed by atoms with Crippen molar-refractivity contribution in [1.29, 1.82) is 0 Å². The molecule has 128 valence electrons. The van der Waals surface area contributed by atoms with Crippen LogP contribution in [0.15, 0.2) is 22.0 Å². The molecule has 2 aromatic heterocycles. The average Bonchev–Trinajstić information content (AvgIpc) is 3.23. The number of thiophene rings is 1. The molecule has 0 radical (unpaired) electrons.